The van der Waals surface area contributed by atoms with Gasteiger partial charge in [0.15, 0.2) is 0 Å². The lowest BCUT2D eigenvalue weighted by atomic mass is 10.2. The molecule has 1 aliphatic rings. The maximum Gasteiger partial charge on any atom is 0.410 e. The number of methoxy groups -OCH3 is 1. The van der Waals surface area contributed by atoms with Crippen molar-refractivity contribution in [1.82, 2.24) is 4.90 Å². The van der Waals surface area contributed by atoms with E-state index in [0.29, 0.717) is 0 Å². The van der Waals surface area contributed by atoms with Crippen LogP contribution in [0, 0.1) is 0 Å². The molecule has 1 amide bonds. The first kappa shape index (κ1) is 9.35. The lowest BCUT2D eigenvalue weighted by Gasteiger charge is -2.15. The van der Waals surface area contributed by atoms with Crippen molar-refractivity contribution in [2.75, 3.05) is 20.1 Å². The van der Waals surface area contributed by atoms with Crippen LogP contribution in [0.1, 0.15) is 9.68 Å². The van der Waals surface area contributed by atoms with Gasteiger partial charge in [0, 0.05) is 13.6 Å². The van der Waals surface area contributed by atoms with Gasteiger partial charge in [0.25, 0.3) is 0 Å². The second-order valence-electron chi connectivity index (χ2n) is 4.27. The number of nitrogens with two attached hydrogens (primary N) is 1. The Hall–Kier alpha value is -1.59. The van der Waals surface area contributed by atoms with Crippen LogP contribution in [0.4, 0.5) is 4.79 Å². The summed E-state index contributed by atoms with van der Waals surface area (Å²) in [7, 11) is -2.52. The van der Waals surface area contributed by atoms with Gasteiger partial charge in [-0.1, -0.05) is 30.3 Å². The summed E-state index contributed by atoms with van der Waals surface area (Å²) in [6, 6.07) is 8.76. The molecular weight excluding hydrogens is 232 g/mol. The minimum absolute atomic E-state index is 0.118. The molecule has 98 valence electrons. The van der Waals surface area contributed by atoms with Gasteiger partial charge in [-0.3, -0.25) is 0 Å². The van der Waals surface area contributed by atoms with Crippen molar-refractivity contribution in [2.24, 2.45) is 5.73 Å². The van der Waals surface area contributed by atoms with Crippen molar-refractivity contribution in [1.29, 1.82) is 0 Å². The smallest absolute Gasteiger partial charge is 0.410 e. The Bertz CT molecular complexity index is 481. The Morgan fingerprint density at radius 1 is 1.50 bits per heavy atom. The molecule has 1 saturated heterocycles. The van der Waals surface area contributed by atoms with E-state index in [-0.39, 0.29) is 19.7 Å². The largest absolute Gasteiger partial charge is 0.445 e. The van der Waals surface area contributed by atoms with E-state index in [1.54, 1.807) is 0 Å². The van der Waals surface area contributed by atoms with Crippen LogP contribution in [0.3, 0.4) is 0 Å². The molecule has 2 rings (SSSR count). The van der Waals surface area contributed by atoms with E-state index in [0.717, 1.165) is 5.56 Å². The minimum Gasteiger partial charge on any atom is -0.445 e. The molecule has 0 spiro atoms. The van der Waals surface area contributed by atoms with E-state index in [1.165, 1.54) is 4.90 Å². The molecule has 2 atom stereocenters. The first-order valence-electron chi connectivity index (χ1n) is 7.24. The molecule has 0 bridgehead atoms. The van der Waals surface area contributed by atoms with Gasteiger partial charge in [-0.25, -0.2) is 4.79 Å². The van der Waals surface area contributed by atoms with Crippen molar-refractivity contribution in [2.45, 2.75) is 18.8 Å². The number of amides is 1. The van der Waals surface area contributed by atoms with Gasteiger partial charge in [-0.15, -0.1) is 0 Å². The lowest BCUT2D eigenvalue weighted by molar-refractivity contribution is 0.0820. The van der Waals surface area contributed by atoms with Crippen molar-refractivity contribution in [3.05, 3.63) is 35.9 Å². The van der Waals surface area contributed by atoms with Crippen molar-refractivity contribution < 1.29 is 18.4 Å². The quantitative estimate of drug-likeness (QED) is 0.872. The number of benzene rings is 1. The minimum atomic E-state index is -2.52. The Labute approximate surface area is 111 Å². The summed E-state index contributed by atoms with van der Waals surface area (Å²) in [5.41, 5.74) is 6.68. The highest BCUT2D eigenvalue weighted by molar-refractivity contribution is 5.68. The number of ether oxygens (including phenoxy) is 2. The molecule has 1 aromatic rings. The molecule has 2 N–H and O–H groups in total. The maximum atomic E-state index is 11.9. The Morgan fingerprint density at radius 3 is 3.00 bits per heavy atom. The van der Waals surface area contributed by atoms with E-state index < -0.39 is 25.3 Å². The predicted octanol–water partition coefficient (Wildman–Crippen LogP) is 0.981. The molecule has 5 heteroatoms. The number of carbonyl (C=O) groups is 1. The van der Waals surface area contributed by atoms with Crippen molar-refractivity contribution >= 4 is 6.09 Å². The average molecular weight is 253 g/mol. The third-order valence-corrected chi connectivity index (χ3v) is 2.92. The first-order chi connectivity index (χ1) is 9.85. The molecule has 1 aliphatic heterocycles. The molecule has 1 aromatic carbocycles. The SMILES string of the molecule is [2H]C([2H])([2H])O[C@H]1CN(C(=O)OCc2ccccc2)C[C@@H]1N. The fourth-order valence-electron chi connectivity index (χ4n) is 1.88. The molecule has 0 aromatic heterocycles. The first-order valence-corrected chi connectivity index (χ1v) is 5.74. The number of hydrogen-bond donors (Lipinski definition) is 1. The number of nitrogens with zero attached hydrogens (tertiary/aromatic N) is 1. The van der Waals surface area contributed by atoms with Crippen LogP contribution in [-0.4, -0.2) is 43.3 Å². The van der Waals surface area contributed by atoms with E-state index in [1.807, 2.05) is 30.3 Å². The molecule has 1 heterocycles. The van der Waals surface area contributed by atoms with Gasteiger partial charge >= 0.3 is 6.09 Å². The second-order valence-corrected chi connectivity index (χ2v) is 4.27. The molecule has 0 aliphatic carbocycles. The van der Waals surface area contributed by atoms with Crippen molar-refractivity contribution in [3.63, 3.8) is 0 Å². The zero-order valence-electron chi connectivity index (χ0n) is 12.9. The van der Waals surface area contributed by atoms with Gasteiger partial charge in [0.1, 0.15) is 6.61 Å². The highest BCUT2D eigenvalue weighted by atomic mass is 16.6. The Kier molecular flexibility index (Phi) is 3.03. The zero-order valence-corrected chi connectivity index (χ0v) is 9.91. The third-order valence-electron chi connectivity index (χ3n) is 2.92. The van der Waals surface area contributed by atoms with Crippen LogP contribution < -0.4 is 5.73 Å². The molecule has 0 saturated carbocycles. The summed E-state index contributed by atoms with van der Waals surface area (Å²) >= 11 is 0. The monoisotopic (exact) mass is 253 g/mol. The van der Waals surface area contributed by atoms with E-state index in [9.17, 15) is 4.79 Å². The highest BCUT2D eigenvalue weighted by Gasteiger charge is 2.33. The normalized spacial score (nSPS) is 26.3. The van der Waals surface area contributed by atoms with Crippen molar-refractivity contribution in [3.8, 4) is 0 Å². The average Bonchev–Trinajstić information content (AvgIpc) is 2.77. The number of rotatable bonds is 3. The van der Waals surface area contributed by atoms with Gasteiger partial charge in [-0.05, 0) is 5.56 Å². The van der Waals surface area contributed by atoms with E-state index in [2.05, 4.69) is 0 Å². The van der Waals surface area contributed by atoms with Crippen LogP contribution in [-0.2, 0) is 16.1 Å². The van der Waals surface area contributed by atoms with Crippen LogP contribution in [0.15, 0.2) is 30.3 Å². The number of hydrogen-bond acceptors (Lipinski definition) is 4. The summed E-state index contributed by atoms with van der Waals surface area (Å²) in [6.45, 7) is 0.498. The van der Waals surface area contributed by atoms with E-state index >= 15 is 0 Å². The maximum absolute atomic E-state index is 11.9. The van der Waals surface area contributed by atoms with Crippen LogP contribution in [0.2, 0.25) is 0 Å². The summed E-state index contributed by atoms with van der Waals surface area (Å²) in [6.07, 6.45) is -1.23. The fraction of sp³-hybridized carbons (Fsp3) is 0.462. The lowest BCUT2D eigenvalue weighted by Crippen LogP contribution is -2.34. The van der Waals surface area contributed by atoms with Crippen LogP contribution >= 0.6 is 0 Å². The predicted molar refractivity (Wildman–Crippen MR) is 67.0 cm³/mol. The summed E-state index contributed by atoms with van der Waals surface area (Å²) < 4.78 is 31.3. The summed E-state index contributed by atoms with van der Waals surface area (Å²) in [5, 5.41) is 0. The standard InChI is InChI=1S/C13H18N2O3/c1-17-12-8-15(7-11(12)14)13(16)18-9-10-5-3-2-4-6-10/h2-6,11-12H,7-9,14H2,1H3/t11-,12-/m0/s1/i1D3. The molecular formula is C13H18N2O3. The fourth-order valence-corrected chi connectivity index (χ4v) is 1.88. The Balaban J connectivity index is 1.84. The van der Waals surface area contributed by atoms with Gasteiger partial charge in [0.2, 0.25) is 0 Å². The van der Waals surface area contributed by atoms with Crippen LogP contribution in [0.5, 0.6) is 0 Å². The summed E-state index contributed by atoms with van der Waals surface area (Å²) in [5.74, 6) is 0. The molecule has 0 unspecified atom stereocenters. The Morgan fingerprint density at radius 2 is 2.28 bits per heavy atom. The van der Waals surface area contributed by atoms with Crippen LogP contribution in [0.25, 0.3) is 0 Å². The molecule has 1 fully saturated rings. The molecule has 5 nitrogen and oxygen atoms in total. The summed E-state index contributed by atoms with van der Waals surface area (Å²) in [4.78, 5) is 13.3. The zero-order chi connectivity index (χ0) is 15.5. The molecule has 0 radical (unpaired) electrons. The number of carbonyl (C=O) groups excluding carboxylic acids is 1. The molecule has 18 heavy (non-hydrogen) atoms. The topological polar surface area (TPSA) is 64.8 Å². The second kappa shape index (κ2) is 5.84. The van der Waals surface area contributed by atoms with Gasteiger partial charge in [-0.2, -0.15) is 0 Å². The highest BCUT2D eigenvalue weighted by Crippen LogP contribution is 2.13. The van der Waals surface area contributed by atoms with Gasteiger partial charge < -0.3 is 20.1 Å². The van der Waals surface area contributed by atoms with Gasteiger partial charge in [0.05, 0.1) is 22.8 Å². The van der Waals surface area contributed by atoms with E-state index in [4.69, 9.17) is 19.3 Å². The number of likely N-dealkylation sites (tertiary alicyclic amines) is 1. The third kappa shape index (κ3) is 3.00.